The molecule has 0 aliphatic carbocycles. The van der Waals surface area contributed by atoms with E-state index in [4.69, 9.17) is 0 Å². The van der Waals surface area contributed by atoms with Gasteiger partial charge in [-0.05, 0) is 31.2 Å². The number of ketones is 1. The molecule has 1 aliphatic rings. The summed E-state index contributed by atoms with van der Waals surface area (Å²) in [6.45, 7) is 2.90. The van der Waals surface area contributed by atoms with Gasteiger partial charge in [0.1, 0.15) is 5.82 Å². The molecule has 1 heterocycles. The molecule has 21 heavy (non-hydrogen) atoms. The number of nitrogens with zero attached hydrogens (tertiary/aromatic N) is 2. The minimum Gasteiger partial charge on any atom is -0.371 e. The second-order valence-corrected chi connectivity index (χ2v) is 5.25. The molecule has 0 aromatic heterocycles. The Morgan fingerprint density at radius 1 is 1.05 bits per heavy atom. The maximum Gasteiger partial charge on any atom is 0.162 e. The molecule has 0 amide bonds. The predicted octanol–water partition coefficient (Wildman–Crippen LogP) is 3.62. The lowest BCUT2D eigenvalue weighted by molar-refractivity contribution is 0.101. The Hall–Kier alpha value is -2.36. The van der Waals surface area contributed by atoms with Gasteiger partial charge in [0.25, 0.3) is 0 Å². The number of Topliss-reactive ketones (excluding diaryl/α,β-unsaturated/α-hetero) is 1. The molecule has 2 aromatic rings. The predicted molar refractivity (Wildman–Crippen MR) is 83.1 cm³/mol. The Morgan fingerprint density at radius 2 is 1.76 bits per heavy atom. The quantitative estimate of drug-likeness (QED) is 0.787. The van der Waals surface area contributed by atoms with Gasteiger partial charge in [0.05, 0.1) is 17.1 Å². The van der Waals surface area contributed by atoms with Crippen LogP contribution in [0.1, 0.15) is 17.3 Å². The molecule has 0 atom stereocenters. The number of likely N-dealkylation sites (N-methyl/N-ethyl adjacent to an activating group) is 1. The number of benzene rings is 2. The van der Waals surface area contributed by atoms with E-state index >= 15 is 0 Å². The van der Waals surface area contributed by atoms with Crippen molar-refractivity contribution in [1.29, 1.82) is 0 Å². The molecule has 3 rings (SSSR count). The van der Waals surface area contributed by atoms with E-state index in [0.717, 1.165) is 17.9 Å². The third-order valence-corrected chi connectivity index (χ3v) is 3.88. The van der Waals surface area contributed by atoms with Crippen LogP contribution in [0.5, 0.6) is 0 Å². The van der Waals surface area contributed by atoms with Gasteiger partial charge in [-0.2, -0.15) is 0 Å². The van der Waals surface area contributed by atoms with E-state index in [1.54, 1.807) is 12.1 Å². The summed E-state index contributed by atoms with van der Waals surface area (Å²) in [5, 5.41) is 0. The van der Waals surface area contributed by atoms with Crippen LogP contribution < -0.4 is 9.80 Å². The lowest BCUT2D eigenvalue weighted by atomic mass is 10.1. The minimum absolute atomic E-state index is 0.124. The van der Waals surface area contributed by atoms with Crippen LogP contribution >= 0.6 is 0 Å². The molecule has 108 valence electrons. The summed E-state index contributed by atoms with van der Waals surface area (Å²) in [5.41, 5.74) is 2.78. The van der Waals surface area contributed by atoms with Crippen molar-refractivity contribution in [3.05, 3.63) is 53.8 Å². The second kappa shape index (κ2) is 5.20. The topological polar surface area (TPSA) is 23.6 Å². The van der Waals surface area contributed by atoms with Crippen molar-refractivity contribution in [2.45, 2.75) is 6.92 Å². The Morgan fingerprint density at radius 3 is 2.48 bits per heavy atom. The van der Waals surface area contributed by atoms with E-state index in [1.165, 1.54) is 13.0 Å². The van der Waals surface area contributed by atoms with E-state index in [2.05, 4.69) is 4.90 Å². The van der Waals surface area contributed by atoms with Gasteiger partial charge in [-0.15, -0.1) is 0 Å². The standard InChI is InChI=1S/C17H17FN2O/c1-12(21)13-6-5-7-14(18)17(13)20-11-10-19(2)15-8-3-4-9-16(15)20/h3-9H,10-11H2,1-2H3. The lowest BCUT2D eigenvalue weighted by Crippen LogP contribution is -2.37. The van der Waals surface area contributed by atoms with Crippen LogP contribution in [-0.2, 0) is 0 Å². The SMILES string of the molecule is CC(=O)c1cccc(F)c1N1CCN(C)c2ccccc21. The highest BCUT2D eigenvalue weighted by Gasteiger charge is 2.26. The fourth-order valence-electron chi connectivity index (χ4n) is 2.81. The van der Waals surface area contributed by atoms with Gasteiger partial charge in [-0.3, -0.25) is 4.79 Å². The molecule has 4 heteroatoms. The summed E-state index contributed by atoms with van der Waals surface area (Å²) in [4.78, 5) is 15.9. The van der Waals surface area contributed by atoms with E-state index in [1.807, 2.05) is 36.2 Å². The molecule has 0 radical (unpaired) electrons. The second-order valence-electron chi connectivity index (χ2n) is 5.25. The van der Waals surface area contributed by atoms with Crippen LogP contribution in [0.4, 0.5) is 21.5 Å². The first-order chi connectivity index (χ1) is 10.1. The van der Waals surface area contributed by atoms with Crippen LogP contribution in [0.15, 0.2) is 42.5 Å². The summed E-state index contributed by atoms with van der Waals surface area (Å²) in [5.74, 6) is -0.483. The van der Waals surface area contributed by atoms with E-state index in [-0.39, 0.29) is 11.6 Å². The largest absolute Gasteiger partial charge is 0.371 e. The number of halogens is 1. The highest BCUT2D eigenvalue weighted by molar-refractivity contribution is 6.01. The van der Waals surface area contributed by atoms with E-state index in [0.29, 0.717) is 17.8 Å². The van der Waals surface area contributed by atoms with Crippen LogP contribution in [0, 0.1) is 5.82 Å². The third kappa shape index (κ3) is 2.27. The highest BCUT2D eigenvalue weighted by atomic mass is 19.1. The monoisotopic (exact) mass is 284 g/mol. The van der Waals surface area contributed by atoms with Crippen molar-refractivity contribution in [2.75, 3.05) is 29.9 Å². The summed E-state index contributed by atoms with van der Waals surface area (Å²) in [6.07, 6.45) is 0. The van der Waals surface area contributed by atoms with Gasteiger partial charge in [0.15, 0.2) is 5.78 Å². The zero-order valence-electron chi connectivity index (χ0n) is 12.1. The molecule has 2 aromatic carbocycles. The molecule has 0 fully saturated rings. The highest BCUT2D eigenvalue weighted by Crippen LogP contribution is 2.39. The molecule has 0 unspecified atom stereocenters. The van der Waals surface area contributed by atoms with Crippen LogP contribution in [0.3, 0.4) is 0 Å². The Labute approximate surface area is 123 Å². The van der Waals surface area contributed by atoms with Crippen molar-refractivity contribution in [2.24, 2.45) is 0 Å². The van der Waals surface area contributed by atoms with Crippen LogP contribution in [-0.4, -0.2) is 25.9 Å². The Kier molecular flexibility index (Phi) is 3.37. The van der Waals surface area contributed by atoms with Gasteiger partial charge in [0.2, 0.25) is 0 Å². The van der Waals surface area contributed by atoms with E-state index in [9.17, 15) is 9.18 Å². The average Bonchev–Trinajstić information content (AvgIpc) is 2.48. The first-order valence-corrected chi connectivity index (χ1v) is 6.96. The summed E-state index contributed by atoms with van der Waals surface area (Å²) in [7, 11) is 2.02. The molecule has 0 spiro atoms. The maximum absolute atomic E-state index is 14.4. The number of para-hydroxylation sites is 3. The molecule has 0 saturated heterocycles. The number of rotatable bonds is 2. The van der Waals surface area contributed by atoms with Crippen molar-refractivity contribution in [3.63, 3.8) is 0 Å². The summed E-state index contributed by atoms with van der Waals surface area (Å²) in [6, 6.07) is 12.5. The summed E-state index contributed by atoms with van der Waals surface area (Å²) < 4.78 is 14.4. The Bertz CT molecular complexity index is 699. The zero-order chi connectivity index (χ0) is 15.0. The molecule has 0 N–H and O–H groups in total. The zero-order valence-corrected chi connectivity index (χ0v) is 12.1. The molecule has 1 aliphatic heterocycles. The maximum atomic E-state index is 14.4. The number of anilines is 3. The number of fused-ring (bicyclic) bond motifs is 1. The van der Waals surface area contributed by atoms with Gasteiger partial charge in [-0.1, -0.05) is 18.2 Å². The lowest BCUT2D eigenvalue weighted by Gasteiger charge is -2.37. The van der Waals surface area contributed by atoms with Gasteiger partial charge >= 0.3 is 0 Å². The van der Waals surface area contributed by atoms with Crippen molar-refractivity contribution in [3.8, 4) is 0 Å². The third-order valence-electron chi connectivity index (χ3n) is 3.88. The number of hydrogen-bond acceptors (Lipinski definition) is 3. The molecule has 3 nitrogen and oxygen atoms in total. The van der Waals surface area contributed by atoms with Crippen molar-refractivity contribution >= 4 is 22.8 Å². The van der Waals surface area contributed by atoms with Gasteiger partial charge in [-0.25, -0.2) is 4.39 Å². The average molecular weight is 284 g/mol. The first-order valence-electron chi connectivity index (χ1n) is 6.96. The number of hydrogen-bond donors (Lipinski definition) is 0. The smallest absolute Gasteiger partial charge is 0.162 e. The van der Waals surface area contributed by atoms with Crippen molar-refractivity contribution < 1.29 is 9.18 Å². The van der Waals surface area contributed by atoms with E-state index < -0.39 is 0 Å². The number of carbonyl (C=O) groups excluding carboxylic acids is 1. The fourth-order valence-corrected chi connectivity index (χ4v) is 2.81. The number of carbonyl (C=O) groups is 1. The normalized spacial score (nSPS) is 14.0. The van der Waals surface area contributed by atoms with Crippen molar-refractivity contribution in [1.82, 2.24) is 0 Å². The van der Waals surface area contributed by atoms with Gasteiger partial charge < -0.3 is 9.80 Å². The first kappa shape index (κ1) is 13.6. The van der Waals surface area contributed by atoms with Crippen LogP contribution in [0.25, 0.3) is 0 Å². The molecular weight excluding hydrogens is 267 g/mol. The fraction of sp³-hybridized carbons (Fsp3) is 0.235. The molecular formula is C17H17FN2O. The summed E-state index contributed by atoms with van der Waals surface area (Å²) >= 11 is 0. The molecule has 0 saturated carbocycles. The van der Waals surface area contributed by atoms with Gasteiger partial charge in [0, 0.05) is 25.7 Å². The van der Waals surface area contributed by atoms with Crippen LogP contribution in [0.2, 0.25) is 0 Å². The molecule has 0 bridgehead atoms. The minimum atomic E-state index is -0.359. The Balaban J connectivity index is 2.19.